The van der Waals surface area contributed by atoms with E-state index < -0.39 is 0 Å². The highest BCUT2D eigenvalue weighted by Gasteiger charge is 2.49. The summed E-state index contributed by atoms with van der Waals surface area (Å²) < 4.78 is 0. The fourth-order valence-electron chi connectivity index (χ4n) is 4.74. The lowest BCUT2D eigenvalue weighted by molar-refractivity contribution is -0.134. The van der Waals surface area contributed by atoms with Gasteiger partial charge >= 0.3 is 0 Å². The monoisotopic (exact) mass is 301 g/mol. The highest BCUT2D eigenvalue weighted by molar-refractivity contribution is 5.82. The fraction of sp³-hybridized carbons (Fsp3) is 0.778. The molecule has 4 nitrogen and oxygen atoms in total. The Morgan fingerprint density at radius 3 is 2.82 bits per heavy atom. The number of nitrogens with zero attached hydrogens (tertiary/aromatic N) is 2. The molecule has 0 unspecified atom stereocenters. The van der Waals surface area contributed by atoms with Crippen molar-refractivity contribution in [3.63, 3.8) is 0 Å². The van der Waals surface area contributed by atoms with Crippen LogP contribution in [0, 0.1) is 17.8 Å². The van der Waals surface area contributed by atoms with Crippen molar-refractivity contribution < 1.29 is 4.79 Å². The zero-order valence-corrected chi connectivity index (χ0v) is 13.3. The van der Waals surface area contributed by atoms with Crippen molar-refractivity contribution in [2.24, 2.45) is 17.8 Å². The molecule has 3 atom stereocenters. The second-order valence-electron chi connectivity index (χ2n) is 7.54. The number of likely N-dealkylation sites (tertiary alicyclic amines) is 1. The molecule has 3 fully saturated rings. The van der Waals surface area contributed by atoms with Gasteiger partial charge in [0.2, 0.25) is 5.91 Å². The van der Waals surface area contributed by atoms with E-state index >= 15 is 0 Å². The van der Waals surface area contributed by atoms with Gasteiger partial charge in [0, 0.05) is 36.8 Å². The van der Waals surface area contributed by atoms with Crippen LogP contribution in [-0.2, 0) is 4.79 Å². The van der Waals surface area contributed by atoms with Crippen LogP contribution in [0.4, 0.5) is 0 Å². The first-order chi connectivity index (χ1) is 10.8. The Hall–Kier alpha value is -1.32. The minimum atomic E-state index is 0.351. The molecule has 1 N–H and O–H groups in total. The predicted octanol–water partition coefficient (Wildman–Crippen LogP) is 3.33. The van der Waals surface area contributed by atoms with E-state index in [0.717, 1.165) is 31.8 Å². The standard InChI is InChI=1S/C18H27N3O/c22-18(16-11-15(16)13-5-2-1-3-6-13)21-10-4-7-14(12-21)17-8-9-19-20-17/h8-9,13-16H,1-7,10-12H2,(H,19,20)/t14-,15+,16-/m1/s1. The summed E-state index contributed by atoms with van der Waals surface area (Å²) in [6, 6.07) is 2.06. The van der Waals surface area contributed by atoms with Crippen LogP contribution in [-0.4, -0.2) is 34.1 Å². The van der Waals surface area contributed by atoms with Crippen LogP contribution in [0.5, 0.6) is 0 Å². The van der Waals surface area contributed by atoms with Crippen molar-refractivity contribution in [3.05, 3.63) is 18.0 Å². The lowest BCUT2D eigenvalue weighted by Crippen LogP contribution is -2.40. The highest BCUT2D eigenvalue weighted by Crippen LogP contribution is 2.50. The molecule has 2 saturated carbocycles. The van der Waals surface area contributed by atoms with Crippen LogP contribution in [0.2, 0.25) is 0 Å². The van der Waals surface area contributed by atoms with Gasteiger partial charge in [-0.05, 0) is 37.2 Å². The third kappa shape index (κ3) is 2.80. The van der Waals surface area contributed by atoms with Gasteiger partial charge in [0.15, 0.2) is 0 Å². The average Bonchev–Trinajstić information content (AvgIpc) is 3.19. The third-order valence-electron chi connectivity index (χ3n) is 6.11. The smallest absolute Gasteiger partial charge is 0.226 e. The third-order valence-corrected chi connectivity index (χ3v) is 6.11. The molecule has 1 saturated heterocycles. The Kier molecular flexibility index (Phi) is 3.93. The quantitative estimate of drug-likeness (QED) is 0.931. The number of aromatic nitrogens is 2. The summed E-state index contributed by atoms with van der Waals surface area (Å²) in [5, 5.41) is 7.14. The maximum Gasteiger partial charge on any atom is 0.226 e. The number of aromatic amines is 1. The molecule has 2 aliphatic carbocycles. The normalized spacial score (nSPS) is 32.9. The van der Waals surface area contributed by atoms with Gasteiger partial charge in [-0.3, -0.25) is 9.89 Å². The van der Waals surface area contributed by atoms with Gasteiger partial charge in [0.25, 0.3) is 0 Å². The van der Waals surface area contributed by atoms with Crippen molar-refractivity contribution in [1.82, 2.24) is 15.1 Å². The number of hydrogen-bond donors (Lipinski definition) is 1. The summed E-state index contributed by atoms with van der Waals surface area (Å²) in [5.74, 6) is 2.80. The van der Waals surface area contributed by atoms with Crippen LogP contribution < -0.4 is 0 Å². The first-order valence-electron chi connectivity index (χ1n) is 9.11. The van der Waals surface area contributed by atoms with Crippen LogP contribution in [0.15, 0.2) is 12.3 Å². The average molecular weight is 301 g/mol. The first kappa shape index (κ1) is 14.3. The second-order valence-corrected chi connectivity index (χ2v) is 7.54. The maximum absolute atomic E-state index is 12.8. The number of carbonyl (C=O) groups excluding carboxylic acids is 1. The van der Waals surface area contributed by atoms with Crippen molar-refractivity contribution in [1.29, 1.82) is 0 Å². The van der Waals surface area contributed by atoms with Crippen molar-refractivity contribution in [2.45, 2.75) is 57.3 Å². The van der Waals surface area contributed by atoms with Crippen molar-refractivity contribution in [2.75, 3.05) is 13.1 Å². The SMILES string of the molecule is O=C([C@@H]1C[C@H]1C1CCCCC1)N1CCC[C@@H](c2ccn[nH]2)C1. The van der Waals surface area contributed by atoms with E-state index in [1.54, 1.807) is 0 Å². The molecule has 4 heteroatoms. The van der Waals surface area contributed by atoms with Crippen molar-refractivity contribution in [3.8, 4) is 0 Å². The molecule has 0 bridgehead atoms. The summed E-state index contributed by atoms with van der Waals surface area (Å²) >= 11 is 0. The van der Waals surface area contributed by atoms with Crippen LogP contribution in [0.1, 0.15) is 63.0 Å². The molecule has 4 rings (SSSR count). The molecular formula is C18H27N3O. The largest absolute Gasteiger partial charge is 0.342 e. The summed E-state index contributed by atoms with van der Waals surface area (Å²) in [7, 11) is 0. The molecule has 3 aliphatic rings. The van der Waals surface area contributed by atoms with E-state index in [-0.39, 0.29) is 0 Å². The molecule has 1 amide bonds. The molecule has 120 valence electrons. The van der Waals surface area contributed by atoms with Crippen molar-refractivity contribution >= 4 is 5.91 Å². The number of H-pyrrole nitrogens is 1. The predicted molar refractivity (Wildman–Crippen MR) is 85.3 cm³/mol. The molecule has 1 aliphatic heterocycles. The maximum atomic E-state index is 12.8. The molecule has 0 spiro atoms. The molecule has 2 heterocycles. The number of hydrogen-bond acceptors (Lipinski definition) is 2. The Balaban J connectivity index is 1.35. The minimum absolute atomic E-state index is 0.351. The summed E-state index contributed by atoms with van der Waals surface area (Å²) in [4.78, 5) is 15.0. The fourth-order valence-corrected chi connectivity index (χ4v) is 4.74. The van der Waals surface area contributed by atoms with E-state index in [1.165, 1.54) is 44.2 Å². The van der Waals surface area contributed by atoms with E-state index in [2.05, 4.69) is 21.2 Å². The zero-order chi connectivity index (χ0) is 14.9. The van der Waals surface area contributed by atoms with Crippen LogP contribution in [0.3, 0.4) is 0 Å². The number of rotatable bonds is 3. The number of nitrogens with one attached hydrogen (secondary N) is 1. The zero-order valence-electron chi connectivity index (χ0n) is 13.3. The summed E-state index contributed by atoms with van der Waals surface area (Å²) in [6.45, 7) is 1.84. The van der Waals surface area contributed by atoms with E-state index in [0.29, 0.717) is 23.7 Å². The summed E-state index contributed by atoms with van der Waals surface area (Å²) in [6.07, 6.45) is 12.2. The van der Waals surface area contributed by atoms with E-state index in [9.17, 15) is 4.79 Å². The number of carbonyl (C=O) groups is 1. The second kappa shape index (κ2) is 6.05. The topological polar surface area (TPSA) is 49.0 Å². The Morgan fingerprint density at radius 1 is 1.18 bits per heavy atom. The first-order valence-corrected chi connectivity index (χ1v) is 9.11. The van der Waals surface area contributed by atoms with Crippen LogP contribution >= 0.6 is 0 Å². The molecule has 1 aromatic heterocycles. The van der Waals surface area contributed by atoms with E-state index in [4.69, 9.17) is 0 Å². The van der Waals surface area contributed by atoms with E-state index in [1.807, 2.05) is 6.20 Å². The highest BCUT2D eigenvalue weighted by atomic mass is 16.2. The van der Waals surface area contributed by atoms with Gasteiger partial charge in [0.1, 0.15) is 0 Å². The lowest BCUT2D eigenvalue weighted by atomic mass is 9.85. The minimum Gasteiger partial charge on any atom is -0.342 e. The Bertz CT molecular complexity index is 506. The molecular weight excluding hydrogens is 274 g/mol. The van der Waals surface area contributed by atoms with Gasteiger partial charge in [-0.1, -0.05) is 32.1 Å². The molecule has 1 aromatic rings. The van der Waals surface area contributed by atoms with Gasteiger partial charge in [-0.15, -0.1) is 0 Å². The number of piperidine rings is 1. The van der Waals surface area contributed by atoms with Gasteiger partial charge in [-0.2, -0.15) is 5.10 Å². The Morgan fingerprint density at radius 2 is 2.05 bits per heavy atom. The molecule has 0 aromatic carbocycles. The van der Waals surface area contributed by atoms with Gasteiger partial charge in [0.05, 0.1) is 0 Å². The summed E-state index contributed by atoms with van der Waals surface area (Å²) in [5.41, 5.74) is 1.19. The number of amides is 1. The molecule has 22 heavy (non-hydrogen) atoms. The van der Waals surface area contributed by atoms with Gasteiger partial charge < -0.3 is 4.90 Å². The molecule has 0 radical (unpaired) electrons. The van der Waals surface area contributed by atoms with Gasteiger partial charge in [-0.25, -0.2) is 0 Å². The Labute approximate surface area is 132 Å². The lowest BCUT2D eigenvalue weighted by Gasteiger charge is -2.33. The van der Waals surface area contributed by atoms with Crippen LogP contribution in [0.25, 0.3) is 0 Å².